The number of hydrogen-bond donors (Lipinski definition) is 2. The van der Waals surface area contributed by atoms with Crippen LogP contribution >= 0.6 is 22.6 Å². The zero-order chi connectivity index (χ0) is 21.3. The minimum atomic E-state index is -1.03. The minimum Gasteiger partial charge on any atom is -0.459 e. The molecule has 0 aliphatic rings. The van der Waals surface area contributed by atoms with Gasteiger partial charge in [0.05, 0.1) is 16.8 Å². The summed E-state index contributed by atoms with van der Waals surface area (Å²) in [6.07, 6.45) is 5.87. The van der Waals surface area contributed by atoms with Crippen LogP contribution in [-0.4, -0.2) is 55.0 Å². The van der Waals surface area contributed by atoms with Crippen molar-refractivity contribution in [2.75, 3.05) is 13.2 Å². The van der Waals surface area contributed by atoms with Gasteiger partial charge in [-0.05, 0) is 53.8 Å². The molecule has 4 aromatic rings. The van der Waals surface area contributed by atoms with Crippen molar-refractivity contribution in [3.05, 3.63) is 69.6 Å². The molecule has 0 aromatic carbocycles. The van der Waals surface area contributed by atoms with Gasteiger partial charge in [-0.2, -0.15) is 0 Å². The number of carbonyl (C=O) groups is 2. The highest BCUT2D eigenvalue weighted by molar-refractivity contribution is 14.1. The van der Waals surface area contributed by atoms with E-state index >= 15 is 0 Å². The molecular weight excluding hydrogens is 501 g/mol. The Morgan fingerprint density at radius 1 is 1.07 bits per heavy atom. The first-order valence-electron chi connectivity index (χ1n) is 9.12. The number of carbonyl (C=O) groups excluding carboxylic acids is 2. The van der Waals surface area contributed by atoms with Gasteiger partial charge in [0, 0.05) is 31.3 Å². The second-order valence-corrected chi connectivity index (χ2v) is 7.88. The van der Waals surface area contributed by atoms with E-state index in [9.17, 15) is 14.7 Å². The van der Waals surface area contributed by atoms with Crippen LogP contribution in [0.1, 0.15) is 26.4 Å². The first-order valence-corrected chi connectivity index (χ1v) is 10.2. The van der Waals surface area contributed by atoms with Crippen LogP contribution in [0.5, 0.6) is 0 Å². The number of pyridine rings is 2. The van der Waals surface area contributed by atoms with E-state index in [-0.39, 0.29) is 19.1 Å². The van der Waals surface area contributed by atoms with Gasteiger partial charge in [0.1, 0.15) is 27.7 Å². The first kappa shape index (κ1) is 20.3. The number of aliphatic hydroxyl groups excluding tert-OH is 1. The number of nitrogens with zero attached hydrogens (tertiary/aromatic N) is 4. The molecule has 0 radical (unpaired) electrons. The Morgan fingerprint density at radius 3 is 2.53 bits per heavy atom. The van der Waals surface area contributed by atoms with Gasteiger partial charge in [-0.3, -0.25) is 4.79 Å². The Morgan fingerprint density at radius 2 is 1.73 bits per heavy atom. The fourth-order valence-electron chi connectivity index (χ4n) is 2.96. The van der Waals surface area contributed by atoms with Crippen molar-refractivity contribution in [2.45, 2.75) is 13.0 Å². The summed E-state index contributed by atoms with van der Waals surface area (Å²) in [5, 5.41) is 12.7. The van der Waals surface area contributed by atoms with E-state index in [0.29, 0.717) is 11.1 Å². The molecule has 0 spiro atoms. The Hall–Kier alpha value is -2.99. The summed E-state index contributed by atoms with van der Waals surface area (Å²) in [6.45, 7) is 1.59. The van der Waals surface area contributed by atoms with Crippen LogP contribution in [-0.2, 0) is 4.74 Å². The second-order valence-electron chi connectivity index (χ2n) is 6.77. The maximum absolute atomic E-state index is 12.3. The number of esters is 1. The molecule has 0 saturated carbocycles. The highest BCUT2D eigenvalue weighted by Crippen LogP contribution is 2.11. The molecule has 0 fully saturated rings. The van der Waals surface area contributed by atoms with Crippen LogP contribution in [0.15, 0.2) is 49.1 Å². The summed E-state index contributed by atoms with van der Waals surface area (Å²) in [6, 6.07) is 6.74. The summed E-state index contributed by atoms with van der Waals surface area (Å²) in [5.74, 6) is -0.902. The number of nitrogens with one attached hydrogen (secondary N) is 1. The maximum atomic E-state index is 12.3. The number of hydrogen-bond acceptors (Lipinski definition) is 6. The topological polar surface area (TPSA) is 110 Å². The Kier molecular flexibility index (Phi) is 5.68. The van der Waals surface area contributed by atoms with Gasteiger partial charge >= 0.3 is 5.97 Å². The molecular formula is C20H18IN5O4. The lowest BCUT2D eigenvalue weighted by Gasteiger charge is -2.13. The summed E-state index contributed by atoms with van der Waals surface area (Å²) >= 11 is 2.09. The lowest BCUT2D eigenvalue weighted by molar-refractivity contribution is 0.0259. The van der Waals surface area contributed by atoms with E-state index in [1.807, 2.05) is 13.1 Å². The zero-order valence-electron chi connectivity index (χ0n) is 15.9. The average Bonchev–Trinajstić information content (AvgIpc) is 3.28. The second kappa shape index (κ2) is 8.40. The number of aromatic nitrogens is 4. The molecule has 1 atom stereocenters. The van der Waals surface area contributed by atoms with Gasteiger partial charge in [-0.25, -0.2) is 14.8 Å². The van der Waals surface area contributed by atoms with E-state index in [2.05, 4.69) is 37.9 Å². The predicted octanol–water partition coefficient (Wildman–Crippen LogP) is 1.84. The van der Waals surface area contributed by atoms with Crippen LogP contribution in [0.4, 0.5) is 0 Å². The van der Waals surface area contributed by atoms with Crippen LogP contribution in [0.3, 0.4) is 0 Å². The molecule has 2 N–H and O–H groups in total. The van der Waals surface area contributed by atoms with Crippen LogP contribution in [0.25, 0.3) is 11.3 Å². The number of halogens is 1. The van der Waals surface area contributed by atoms with Gasteiger partial charge < -0.3 is 24.0 Å². The van der Waals surface area contributed by atoms with Crippen molar-refractivity contribution >= 4 is 45.8 Å². The number of aryl methyl sites for hydroxylation is 1. The lowest BCUT2D eigenvalue weighted by Crippen LogP contribution is -2.35. The molecule has 0 saturated heterocycles. The van der Waals surface area contributed by atoms with Crippen molar-refractivity contribution in [2.24, 2.45) is 0 Å². The molecule has 154 valence electrons. The highest BCUT2D eigenvalue weighted by Gasteiger charge is 2.14. The monoisotopic (exact) mass is 519 g/mol. The SMILES string of the molecule is Cc1cn2cc(C(=O)NCC(O)COC(=O)c3ccc4nc(I)cn4c3)ccc2n1. The molecule has 10 heteroatoms. The Balaban J connectivity index is 1.29. The number of rotatable bonds is 6. The number of aliphatic hydroxyl groups is 1. The fraction of sp³-hybridized carbons (Fsp3) is 0.200. The zero-order valence-corrected chi connectivity index (χ0v) is 18.1. The molecule has 30 heavy (non-hydrogen) atoms. The van der Waals surface area contributed by atoms with E-state index in [0.717, 1.165) is 20.7 Å². The third-order valence-corrected chi connectivity index (χ3v) is 4.92. The number of fused-ring (bicyclic) bond motifs is 2. The maximum Gasteiger partial charge on any atom is 0.339 e. The van der Waals surface area contributed by atoms with Gasteiger partial charge in [0.15, 0.2) is 0 Å². The van der Waals surface area contributed by atoms with Crippen molar-refractivity contribution in [3.63, 3.8) is 0 Å². The van der Waals surface area contributed by atoms with Crippen molar-refractivity contribution in [1.82, 2.24) is 24.1 Å². The van der Waals surface area contributed by atoms with Gasteiger partial charge in [0.25, 0.3) is 5.91 Å². The van der Waals surface area contributed by atoms with Crippen molar-refractivity contribution in [3.8, 4) is 0 Å². The Labute approximate surface area is 184 Å². The highest BCUT2D eigenvalue weighted by atomic mass is 127. The van der Waals surface area contributed by atoms with Crippen LogP contribution < -0.4 is 5.32 Å². The van der Waals surface area contributed by atoms with E-state index in [1.165, 1.54) is 0 Å². The van der Waals surface area contributed by atoms with E-state index in [1.54, 1.807) is 51.7 Å². The predicted molar refractivity (Wildman–Crippen MR) is 116 cm³/mol. The normalized spacial score (nSPS) is 12.2. The smallest absolute Gasteiger partial charge is 0.339 e. The first-order chi connectivity index (χ1) is 14.4. The molecule has 0 aliphatic carbocycles. The molecule has 0 bridgehead atoms. The van der Waals surface area contributed by atoms with E-state index in [4.69, 9.17) is 4.74 Å². The largest absolute Gasteiger partial charge is 0.459 e. The summed E-state index contributed by atoms with van der Waals surface area (Å²) in [4.78, 5) is 33.1. The van der Waals surface area contributed by atoms with Crippen molar-refractivity contribution in [1.29, 1.82) is 0 Å². The summed E-state index contributed by atoms with van der Waals surface area (Å²) in [5.41, 5.74) is 3.11. The van der Waals surface area contributed by atoms with Gasteiger partial charge in [-0.15, -0.1) is 0 Å². The van der Waals surface area contributed by atoms with Crippen molar-refractivity contribution < 1.29 is 19.4 Å². The number of imidazole rings is 2. The fourth-order valence-corrected chi connectivity index (χ4v) is 3.51. The summed E-state index contributed by atoms with van der Waals surface area (Å²) < 4.78 is 9.46. The third-order valence-electron chi connectivity index (χ3n) is 4.40. The summed E-state index contributed by atoms with van der Waals surface area (Å²) in [7, 11) is 0. The lowest BCUT2D eigenvalue weighted by atomic mass is 10.2. The number of amides is 1. The van der Waals surface area contributed by atoms with Gasteiger partial charge in [-0.1, -0.05) is 0 Å². The molecule has 1 amide bonds. The number of ether oxygens (including phenoxy) is 1. The molecule has 4 aromatic heterocycles. The third kappa shape index (κ3) is 4.44. The minimum absolute atomic E-state index is 0.0497. The quantitative estimate of drug-likeness (QED) is 0.297. The molecule has 9 nitrogen and oxygen atoms in total. The van der Waals surface area contributed by atoms with Gasteiger partial charge in [0.2, 0.25) is 0 Å². The average molecular weight is 519 g/mol. The standard InChI is InChI=1S/C20H18IN5O4/c1-12-7-25-8-13(2-4-17(25)23-12)19(28)22-6-15(27)11-30-20(29)14-3-5-18-24-16(21)10-26(18)9-14/h2-5,7-10,15,27H,6,11H2,1H3,(H,22,28). The Bertz CT molecular complexity index is 1150. The molecule has 4 heterocycles. The molecule has 4 rings (SSSR count). The van der Waals surface area contributed by atoms with Crippen LogP contribution in [0, 0.1) is 10.6 Å². The van der Waals surface area contributed by atoms with Crippen LogP contribution in [0.2, 0.25) is 0 Å². The molecule has 0 aliphatic heterocycles. The van der Waals surface area contributed by atoms with E-state index < -0.39 is 12.1 Å². The molecule has 1 unspecified atom stereocenters.